The molecule has 0 amide bonds. The number of benzene rings is 2. The van der Waals surface area contributed by atoms with Gasteiger partial charge in [-0.1, -0.05) is 63.3 Å². The number of phenolic OH excluding ortho intramolecular Hbond substituents is 1. The van der Waals surface area contributed by atoms with Gasteiger partial charge in [-0.3, -0.25) is 4.55 Å². The lowest BCUT2D eigenvalue weighted by atomic mass is 10.0. The highest BCUT2D eigenvalue weighted by Gasteiger charge is 2.24. The monoisotopic (exact) mass is 378 g/mol. The molecular formula is C20H26O5S. The van der Waals surface area contributed by atoms with E-state index in [2.05, 4.69) is 6.92 Å². The number of para-hydroxylation sites is 1. The van der Waals surface area contributed by atoms with Crippen molar-refractivity contribution in [2.75, 3.05) is 0 Å². The van der Waals surface area contributed by atoms with Crippen molar-refractivity contribution in [3.05, 3.63) is 48.0 Å². The zero-order valence-corrected chi connectivity index (χ0v) is 15.8. The van der Waals surface area contributed by atoms with E-state index in [1.807, 2.05) is 6.07 Å². The predicted octanol–water partition coefficient (Wildman–Crippen LogP) is 5.33. The fourth-order valence-corrected chi connectivity index (χ4v) is 3.72. The van der Waals surface area contributed by atoms with Gasteiger partial charge in [-0.25, -0.2) is 0 Å². The summed E-state index contributed by atoms with van der Waals surface area (Å²) >= 11 is 0. The van der Waals surface area contributed by atoms with Gasteiger partial charge in [-0.05, 0) is 36.6 Å². The van der Waals surface area contributed by atoms with Crippen LogP contribution in [-0.4, -0.2) is 18.1 Å². The lowest BCUT2D eigenvalue weighted by molar-refractivity contribution is 0.394. The zero-order valence-electron chi connectivity index (χ0n) is 15.0. The molecule has 142 valence electrons. The Morgan fingerprint density at radius 3 is 2.23 bits per heavy atom. The van der Waals surface area contributed by atoms with Gasteiger partial charge in [-0.15, -0.1) is 0 Å². The molecule has 0 radical (unpaired) electrons. The van der Waals surface area contributed by atoms with Crippen LogP contribution >= 0.6 is 0 Å². The number of ether oxygens (including phenoxy) is 1. The van der Waals surface area contributed by atoms with Crippen molar-refractivity contribution < 1.29 is 22.8 Å². The standard InChI is InChI=1S/C20H26O5S/c1-2-3-4-5-6-8-11-16-14-15-18(19(21)20(16)26(22,23)24)25-17-12-9-7-10-13-17/h7,9-10,12-15,21H,2-6,8,11H2,1H3,(H,22,23,24). The van der Waals surface area contributed by atoms with E-state index >= 15 is 0 Å². The molecule has 0 saturated heterocycles. The smallest absolute Gasteiger partial charge is 0.298 e. The van der Waals surface area contributed by atoms with Crippen LogP contribution in [0.3, 0.4) is 0 Å². The van der Waals surface area contributed by atoms with Gasteiger partial charge in [0.2, 0.25) is 0 Å². The highest BCUT2D eigenvalue weighted by atomic mass is 32.2. The van der Waals surface area contributed by atoms with Gasteiger partial charge >= 0.3 is 0 Å². The summed E-state index contributed by atoms with van der Waals surface area (Å²) in [7, 11) is -4.56. The van der Waals surface area contributed by atoms with Crippen molar-refractivity contribution in [1.29, 1.82) is 0 Å². The molecule has 2 N–H and O–H groups in total. The number of aryl methyl sites for hydroxylation is 1. The topological polar surface area (TPSA) is 83.8 Å². The molecule has 26 heavy (non-hydrogen) atoms. The van der Waals surface area contributed by atoms with Crippen molar-refractivity contribution in [2.24, 2.45) is 0 Å². The molecule has 0 aliphatic carbocycles. The van der Waals surface area contributed by atoms with Gasteiger partial charge in [0.05, 0.1) is 0 Å². The Morgan fingerprint density at radius 1 is 0.923 bits per heavy atom. The normalized spacial score (nSPS) is 11.5. The second-order valence-corrected chi connectivity index (χ2v) is 7.67. The van der Waals surface area contributed by atoms with E-state index in [0.29, 0.717) is 17.7 Å². The predicted molar refractivity (Wildman–Crippen MR) is 102 cm³/mol. The second kappa shape index (κ2) is 9.59. The summed E-state index contributed by atoms with van der Waals surface area (Å²) in [5.74, 6) is -0.0943. The van der Waals surface area contributed by atoms with Crippen molar-refractivity contribution >= 4 is 10.1 Å². The summed E-state index contributed by atoms with van der Waals surface area (Å²) in [4.78, 5) is -0.459. The van der Waals surface area contributed by atoms with E-state index in [1.54, 1.807) is 30.3 Å². The summed E-state index contributed by atoms with van der Waals surface area (Å²) in [6, 6.07) is 11.9. The first-order chi connectivity index (χ1) is 12.4. The summed E-state index contributed by atoms with van der Waals surface area (Å²) in [6.07, 6.45) is 6.87. The third-order valence-electron chi connectivity index (χ3n) is 4.20. The molecule has 0 spiro atoms. The molecular weight excluding hydrogens is 352 g/mol. The van der Waals surface area contributed by atoms with Crippen LogP contribution < -0.4 is 4.74 Å². The minimum atomic E-state index is -4.56. The van der Waals surface area contributed by atoms with Crippen LogP contribution in [0, 0.1) is 0 Å². The summed E-state index contributed by atoms with van der Waals surface area (Å²) in [6.45, 7) is 2.15. The number of hydrogen-bond acceptors (Lipinski definition) is 4. The summed E-state index contributed by atoms with van der Waals surface area (Å²) < 4.78 is 38.7. The maximum atomic E-state index is 11.8. The Kier molecular flexibility index (Phi) is 7.48. The third kappa shape index (κ3) is 5.75. The molecule has 0 aromatic heterocycles. The molecule has 6 heteroatoms. The van der Waals surface area contributed by atoms with E-state index in [0.717, 1.165) is 25.7 Å². The first-order valence-electron chi connectivity index (χ1n) is 8.98. The van der Waals surface area contributed by atoms with Crippen LogP contribution in [0.1, 0.15) is 51.0 Å². The maximum Gasteiger partial charge on any atom is 0.298 e. The molecule has 2 rings (SSSR count). The fourth-order valence-electron chi connectivity index (χ4n) is 2.87. The highest BCUT2D eigenvalue weighted by Crippen LogP contribution is 2.38. The number of unbranched alkanes of at least 4 members (excludes halogenated alkanes) is 5. The summed E-state index contributed by atoms with van der Waals surface area (Å²) in [5, 5.41) is 10.4. The lowest BCUT2D eigenvalue weighted by Crippen LogP contribution is -2.05. The molecule has 0 aliphatic rings. The van der Waals surface area contributed by atoms with Gasteiger partial charge < -0.3 is 9.84 Å². The van der Waals surface area contributed by atoms with Gasteiger partial charge in [0.1, 0.15) is 10.6 Å². The van der Waals surface area contributed by atoms with E-state index < -0.39 is 20.8 Å². The van der Waals surface area contributed by atoms with Crippen LogP contribution in [0.2, 0.25) is 0 Å². The Hall–Kier alpha value is -2.05. The Labute approximate surface area is 155 Å². The van der Waals surface area contributed by atoms with E-state index in [4.69, 9.17) is 4.74 Å². The van der Waals surface area contributed by atoms with E-state index in [-0.39, 0.29) is 5.75 Å². The lowest BCUT2D eigenvalue weighted by Gasteiger charge is -2.13. The molecule has 5 nitrogen and oxygen atoms in total. The zero-order chi connectivity index (χ0) is 19.0. The van der Waals surface area contributed by atoms with Gasteiger partial charge in [0.25, 0.3) is 10.1 Å². The van der Waals surface area contributed by atoms with Crippen LogP contribution in [0.25, 0.3) is 0 Å². The van der Waals surface area contributed by atoms with Gasteiger partial charge in [-0.2, -0.15) is 8.42 Å². The Balaban J connectivity index is 2.17. The number of rotatable bonds is 10. The Bertz CT molecular complexity index is 800. The highest BCUT2D eigenvalue weighted by molar-refractivity contribution is 7.86. The second-order valence-electron chi connectivity index (χ2n) is 6.31. The van der Waals surface area contributed by atoms with Gasteiger partial charge in [0, 0.05) is 0 Å². The minimum absolute atomic E-state index is 0.00415. The third-order valence-corrected chi connectivity index (χ3v) is 5.18. The molecule has 0 fully saturated rings. The van der Waals surface area contributed by atoms with Crippen LogP contribution in [0.4, 0.5) is 0 Å². The molecule has 0 bridgehead atoms. The molecule has 0 saturated carbocycles. The van der Waals surface area contributed by atoms with Crippen molar-refractivity contribution in [3.63, 3.8) is 0 Å². The molecule has 2 aromatic rings. The quantitative estimate of drug-likeness (QED) is 0.431. The molecule has 0 atom stereocenters. The molecule has 0 heterocycles. The van der Waals surface area contributed by atoms with Gasteiger partial charge in [0.15, 0.2) is 11.5 Å². The van der Waals surface area contributed by atoms with Crippen LogP contribution in [0.15, 0.2) is 47.4 Å². The molecule has 0 aliphatic heterocycles. The number of hydrogen-bond donors (Lipinski definition) is 2. The summed E-state index contributed by atoms with van der Waals surface area (Å²) in [5.41, 5.74) is 0.404. The average Bonchev–Trinajstić information content (AvgIpc) is 2.60. The number of aromatic hydroxyl groups is 1. The first kappa shape index (κ1) is 20.3. The van der Waals surface area contributed by atoms with Crippen LogP contribution in [0.5, 0.6) is 17.2 Å². The van der Waals surface area contributed by atoms with Crippen LogP contribution in [-0.2, 0) is 16.5 Å². The van der Waals surface area contributed by atoms with Crippen molar-refractivity contribution in [1.82, 2.24) is 0 Å². The molecule has 0 unspecified atom stereocenters. The average molecular weight is 378 g/mol. The first-order valence-corrected chi connectivity index (χ1v) is 10.4. The maximum absolute atomic E-state index is 11.8. The van der Waals surface area contributed by atoms with E-state index in [9.17, 15) is 18.1 Å². The fraction of sp³-hybridized carbons (Fsp3) is 0.400. The molecule has 2 aromatic carbocycles. The largest absolute Gasteiger partial charge is 0.503 e. The minimum Gasteiger partial charge on any atom is -0.503 e. The Morgan fingerprint density at radius 2 is 1.58 bits per heavy atom. The van der Waals surface area contributed by atoms with Crippen molar-refractivity contribution in [3.8, 4) is 17.2 Å². The van der Waals surface area contributed by atoms with E-state index in [1.165, 1.54) is 18.9 Å². The SMILES string of the molecule is CCCCCCCCc1ccc(Oc2ccccc2)c(O)c1S(=O)(=O)O. The van der Waals surface area contributed by atoms with Crippen molar-refractivity contribution in [2.45, 2.75) is 56.8 Å². The number of phenols is 1.